The molecule has 0 aliphatic heterocycles. The molecule has 0 unspecified atom stereocenters. The third-order valence-electron chi connectivity index (χ3n) is 4.18. The van der Waals surface area contributed by atoms with E-state index in [1.165, 1.54) is 0 Å². The van der Waals surface area contributed by atoms with Gasteiger partial charge in [0.2, 0.25) is 0 Å². The highest BCUT2D eigenvalue weighted by Crippen LogP contribution is 2.37. The van der Waals surface area contributed by atoms with Gasteiger partial charge in [-0.3, -0.25) is 0 Å². The van der Waals surface area contributed by atoms with Crippen LogP contribution in [0.25, 0.3) is 21.3 Å². The standard InChI is InChI=1S/C22H19N3O2S/c1-14(2)27-22(26)16-8-10-17(11-9-16)25-20-19-18(15-6-4-3-5-7-15)12-28-21(19)24-13-23-20/h3-14H,1-2H3,(H,23,24,25). The van der Waals surface area contributed by atoms with Crippen molar-refractivity contribution in [1.29, 1.82) is 0 Å². The van der Waals surface area contributed by atoms with Crippen LogP contribution in [0.2, 0.25) is 0 Å². The van der Waals surface area contributed by atoms with Gasteiger partial charge in [-0.25, -0.2) is 14.8 Å². The van der Waals surface area contributed by atoms with Gasteiger partial charge >= 0.3 is 5.97 Å². The van der Waals surface area contributed by atoms with Gasteiger partial charge in [-0.05, 0) is 43.7 Å². The number of nitrogens with one attached hydrogen (secondary N) is 1. The maximum absolute atomic E-state index is 12.0. The summed E-state index contributed by atoms with van der Waals surface area (Å²) in [7, 11) is 0. The van der Waals surface area contributed by atoms with E-state index >= 15 is 0 Å². The van der Waals surface area contributed by atoms with Crippen molar-refractivity contribution in [2.24, 2.45) is 0 Å². The number of carbonyl (C=O) groups is 1. The fraction of sp³-hybridized carbons (Fsp3) is 0.136. The van der Waals surface area contributed by atoms with Crippen molar-refractivity contribution in [3.05, 3.63) is 71.9 Å². The SMILES string of the molecule is CC(C)OC(=O)c1ccc(Nc2ncnc3scc(-c4ccccc4)c23)cc1. The Hall–Kier alpha value is -3.25. The summed E-state index contributed by atoms with van der Waals surface area (Å²) in [5.41, 5.74) is 3.58. The number of ether oxygens (including phenoxy) is 1. The zero-order chi connectivity index (χ0) is 19.5. The van der Waals surface area contributed by atoms with E-state index in [1.54, 1.807) is 29.8 Å². The lowest BCUT2D eigenvalue weighted by molar-refractivity contribution is 0.0378. The van der Waals surface area contributed by atoms with Gasteiger partial charge in [0.15, 0.2) is 0 Å². The minimum Gasteiger partial charge on any atom is -0.459 e. The van der Waals surface area contributed by atoms with Crippen molar-refractivity contribution >= 4 is 39.0 Å². The van der Waals surface area contributed by atoms with Crippen molar-refractivity contribution < 1.29 is 9.53 Å². The third-order valence-corrected chi connectivity index (χ3v) is 5.07. The molecule has 0 saturated heterocycles. The van der Waals surface area contributed by atoms with Crippen molar-refractivity contribution in [3.63, 3.8) is 0 Å². The Morgan fingerprint density at radius 3 is 2.50 bits per heavy atom. The molecule has 28 heavy (non-hydrogen) atoms. The number of rotatable bonds is 5. The van der Waals surface area contributed by atoms with Crippen molar-refractivity contribution in [1.82, 2.24) is 9.97 Å². The topological polar surface area (TPSA) is 64.1 Å². The van der Waals surface area contributed by atoms with Gasteiger partial charge in [0.25, 0.3) is 0 Å². The molecule has 1 N–H and O–H groups in total. The van der Waals surface area contributed by atoms with E-state index < -0.39 is 0 Å². The number of hydrogen-bond donors (Lipinski definition) is 1. The number of aromatic nitrogens is 2. The summed E-state index contributed by atoms with van der Waals surface area (Å²) in [6.07, 6.45) is 1.42. The number of hydrogen-bond acceptors (Lipinski definition) is 6. The lowest BCUT2D eigenvalue weighted by atomic mass is 10.1. The number of nitrogens with zero attached hydrogens (tertiary/aromatic N) is 2. The Kier molecular flexibility index (Phi) is 5.04. The van der Waals surface area contributed by atoms with Gasteiger partial charge in [0.1, 0.15) is 17.0 Å². The molecule has 4 rings (SSSR count). The van der Waals surface area contributed by atoms with E-state index in [4.69, 9.17) is 4.74 Å². The monoisotopic (exact) mass is 389 g/mol. The van der Waals surface area contributed by atoms with E-state index in [0.717, 1.165) is 32.8 Å². The summed E-state index contributed by atoms with van der Waals surface area (Å²) >= 11 is 1.59. The van der Waals surface area contributed by atoms with Crippen LogP contribution >= 0.6 is 11.3 Å². The Morgan fingerprint density at radius 2 is 1.79 bits per heavy atom. The number of fused-ring (bicyclic) bond motifs is 1. The molecule has 5 nitrogen and oxygen atoms in total. The average Bonchev–Trinajstić information content (AvgIpc) is 3.14. The molecular weight excluding hydrogens is 370 g/mol. The summed E-state index contributed by atoms with van der Waals surface area (Å²) in [5, 5.41) is 6.44. The minimum atomic E-state index is -0.324. The molecule has 0 fully saturated rings. The molecule has 4 aromatic rings. The fourth-order valence-corrected chi connectivity index (χ4v) is 3.82. The van der Waals surface area contributed by atoms with E-state index in [0.29, 0.717) is 5.56 Å². The number of benzene rings is 2. The second kappa shape index (κ2) is 7.78. The molecule has 0 radical (unpaired) electrons. The minimum absolute atomic E-state index is 0.144. The molecule has 0 aliphatic carbocycles. The van der Waals surface area contributed by atoms with Gasteiger partial charge < -0.3 is 10.1 Å². The summed E-state index contributed by atoms with van der Waals surface area (Å²) in [4.78, 5) is 21.8. The summed E-state index contributed by atoms with van der Waals surface area (Å²) in [6.45, 7) is 3.67. The van der Waals surface area contributed by atoms with Crippen LogP contribution < -0.4 is 5.32 Å². The van der Waals surface area contributed by atoms with Crippen LogP contribution in [0.15, 0.2) is 66.3 Å². The van der Waals surface area contributed by atoms with Crippen LogP contribution in [0.4, 0.5) is 11.5 Å². The molecule has 0 aliphatic rings. The van der Waals surface area contributed by atoms with Crippen LogP contribution in [0, 0.1) is 0 Å². The lowest BCUT2D eigenvalue weighted by Crippen LogP contribution is -2.11. The van der Waals surface area contributed by atoms with E-state index in [-0.39, 0.29) is 12.1 Å². The Bertz CT molecular complexity index is 1110. The van der Waals surface area contributed by atoms with Crippen molar-refractivity contribution in [2.45, 2.75) is 20.0 Å². The normalized spacial score (nSPS) is 11.0. The first-order valence-corrected chi connectivity index (χ1v) is 9.85. The highest BCUT2D eigenvalue weighted by Gasteiger charge is 2.14. The molecule has 6 heteroatoms. The number of anilines is 2. The molecule has 0 saturated carbocycles. The van der Waals surface area contributed by atoms with Gasteiger partial charge in [-0.15, -0.1) is 11.3 Å². The Labute approximate surface area is 167 Å². The van der Waals surface area contributed by atoms with E-state index in [9.17, 15) is 4.79 Å². The third kappa shape index (κ3) is 3.73. The fourth-order valence-electron chi connectivity index (χ4n) is 2.91. The zero-order valence-electron chi connectivity index (χ0n) is 15.5. The molecule has 2 aromatic heterocycles. The highest BCUT2D eigenvalue weighted by atomic mass is 32.1. The largest absolute Gasteiger partial charge is 0.459 e. The first-order chi connectivity index (χ1) is 13.6. The number of carbonyl (C=O) groups excluding carboxylic acids is 1. The lowest BCUT2D eigenvalue weighted by Gasteiger charge is -2.10. The van der Waals surface area contributed by atoms with Crippen LogP contribution in [0.5, 0.6) is 0 Å². The van der Waals surface area contributed by atoms with Crippen molar-refractivity contribution in [3.8, 4) is 11.1 Å². The summed E-state index contributed by atoms with van der Waals surface area (Å²) < 4.78 is 5.23. The Balaban J connectivity index is 1.65. The molecule has 0 spiro atoms. The van der Waals surface area contributed by atoms with Crippen LogP contribution in [0.3, 0.4) is 0 Å². The van der Waals surface area contributed by atoms with Gasteiger partial charge in [-0.1, -0.05) is 30.3 Å². The number of esters is 1. The quantitative estimate of drug-likeness (QED) is 0.446. The van der Waals surface area contributed by atoms with Crippen LogP contribution in [0.1, 0.15) is 24.2 Å². The van der Waals surface area contributed by atoms with E-state index in [2.05, 4.69) is 32.8 Å². The van der Waals surface area contributed by atoms with Gasteiger partial charge in [0, 0.05) is 16.6 Å². The molecule has 0 bridgehead atoms. The van der Waals surface area contributed by atoms with Crippen molar-refractivity contribution in [2.75, 3.05) is 5.32 Å². The molecule has 0 atom stereocenters. The first-order valence-electron chi connectivity index (χ1n) is 8.97. The predicted molar refractivity (Wildman–Crippen MR) is 113 cm³/mol. The first kappa shape index (κ1) is 18.1. The maximum atomic E-state index is 12.0. The molecular formula is C22H19N3O2S. The summed E-state index contributed by atoms with van der Waals surface area (Å²) in [5.74, 6) is 0.415. The molecule has 2 aromatic carbocycles. The molecule has 140 valence electrons. The second-order valence-electron chi connectivity index (χ2n) is 6.57. The molecule has 2 heterocycles. The van der Waals surface area contributed by atoms with Crippen LogP contribution in [-0.2, 0) is 4.74 Å². The smallest absolute Gasteiger partial charge is 0.338 e. The van der Waals surface area contributed by atoms with Gasteiger partial charge in [0.05, 0.1) is 17.1 Å². The summed E-state index contributed by atoms with van der Waals surface area (Å²) in [6, 6.07) is 17.4. The average molecular weight is 389 g/mol. The Morgan fingerprint density at radius 1 is 1.04 bits per heavy atom. The van der Waals surface area contributed by atoms with E-state index in [1.807, 2.05) is 44.2 Å². The molecule has 0 amide bonds. The number of thiophene rings is 1. The van der Waals surface area contributed by atoms with Gasteiger partial charge in [-0.2, -0.15) is 0 Å². The predicted octanol–water partition coefficient (Wildman–Crippen LogP) is 5.67. The maximum Gasteiger partial charge on any atom is 0.338 e. The highest BCUT2D eigenvalue weighted by molar-refractivity contribution is 7.17. The van der Waals surface area contributed by atoms with Crippen LogP contribution in [-0.4, -0.2) is 22.0 Å². The zero-order valence-corrected chi connectivity index (χ0v) is 16.4. The second-order valence-corrected chi connectivity index (χ2v) is 7.43.